The number of hydrogen-bond acceptors (Lipinski definition) is 5. The molecule has 7 nitrogen and oxygen atoms in total. The van der Waals surface area contributed by atoms with E-state index < -0.39 is 22.0 Å². The number of piperazine rings is 1. The van der Waals surface area contributed by atoms with Gasteiger partial charge in [0.15, 0.2) is 0 Å². The lowest BCUT2D eigenvalue weighted by Crippen LogP contribution is -2.53. The van der Waals surface area contributed by atoms with E-state index in [1.807, 2.05) is 0 Å². The van der Waals surface area contributed by atoms with Gasteiger partial charge in [0.2, 0.25) is 10.0 Å². The Kier molecular flexibility index (Phi) is 5.89. The fourth-order valence-corrected chi connectivity index (χ4v) is 3.03. The van der Waals surface area contributed by atoms with Crippen LogP contribution in [-0.4, -0.2) is 73.5 Å². The Bertz CT molecular complexity index is 415. The predicted molar refractivity (Wildman–Crippen MR) is 69.3 cm³/mol. The van der Waals surface area contributed by atoms with Crippen LogP contribution in [0.15, 0.2) is 0 Å². The number of sulfonamides is 1. The first-order valence-electron chi connectivity index (χ1n) is 6.22. The zero-order valence-corrected chi connectivity index (χ0v) is 11.8. The zero-order chi connectivity index (χ0) is 14.5. The molecule has 0 aromatic rings. The molecule has 0 aliphatic carbocycles. The van der Waals surface area contributed by atoms with E-state index in [2.05, 4.69) is 0 Å². The number of hydrogen-bond donors (Lipinski definition) is 1. The first-order valence-corrected chi connectivity index (χ1v) is 8.06. The normalized spacial score (nSPS) is 20.1. The molecular formula is C11H20N2O5S. The van der Waals surface area contributed by atoms with Crippen molar-refractivity contribution in [2.24, 2.45) is 0 Å². The molecule has 1 heterocycles. The van der Waals surface area contributed by atoms with Crippen molar-refractivity contribution in [3.8, 4) is 0 Å². The molecule has 19 heavy (non-hydrogen) atoms. The summed E-state index contributed by atoms with van der Waals surface area (Å²) < 4.78 is 24.1. The second kappa shape index (κ2) is 6.97. The Morgan fingerprint density at radius 2 is 1.89 bits per heavy atom. The Hall–Kier alpha value is -0.990. The van der Waals surface area contributed by atoms with Crippen LogP contribution in [0, 0.1) is 0 Å². The van der Waals surface area contributed by atoms with Crippen LogP contribution in [0.5, 0.6) is 0 Å². The molecule has 1 atom stereocenters. The number of carboxylic acids is 1. The molecule has 0 aromatic heterocycles. The van der Waals surface area contributed by atoms with E-state index in [0.717, 1.165) is 12.5 Å². The van der Waals surface area contributed by atoms with Crippen molar-refractivity contribution < 1.29 is 23.1 Å². The SMILES string of the molecule is CS(=O)(=O)N1CCN(C(CCCC=O)C(=O)O)CC1. The Morgan fingerprint density at radius 1 is 1.32 bits per heavy atom. The standard InChI is InChI=1S/C11H20N2O5S/c1-19(17,18)13-7-5-12(6-8-13)10(11(15)16)4-2-3-9-14/h9-10H,2-8H2,1H3,(H,15,16). The third-order valence-corrected chi connectivity index (χ3v) is 4.57. The molecule has 8 heteroatoms. The zero-order valence-electron chi connectivity index (χ0n) is 11.0. The fraction of sp³-hybridized carbons (Fsp3) is 0.818. The van der Waals surface area contributed by atoms with Crippen molar-refractivity contribution in [3.63, 3.8) is 0 Å². The van der Waals surface area contributed by atoms with E-state index in [0.29, 0.717) is 45.4 Å². The summed E-state index contributed by atoms with van der Waals surface area (Å²) in [6, 6.07) is -0.637. The van der Waals surface area contributed by atoms with Crippen LogP contribution in [0.1, 0.15) is 19.3 Å². The van der Waals surface area contributed by atoms with Gasteiger partial charge in [0.25, 0.3) is 0 Å². The van der Waals surface area contributed by atoms with Crippen LogP contribution < -0.4 is 0 Å². The number of unbranched alkanes of at least 4 members (excludes halogenated alkanes) is 1. The van der Waals surface area contributed by atoms with Crippen LogP contribution in [0.25, 0.3) is 0 Å². The summed E-state index contributed by atoms with van der Waals surface area (Å²) in [5.74, 6) is -0.918. The predicted octanol–water partition coefficient (Wildman–Crippen LogP) is -0.614. The van der Waals surface area contributed by atoms with Gasteiger partial charge in [0.05, 0.1) is 6.26 Å². The van der Waals surface area contributed by atoms with Gasteiger partial charge in [-0.2, -0.15) is 4.31 Å². The van der Waals surface area contributed by atoms with Gasteiger partial charge in [-0.1, -0.05) is 0 Å². The van der Waals surface area contributed by atoms with Crippen molar-refractivity contribution in [1.82, 2.24) is 9.21 Å². The molecule has 0 bridgehead atoms. The van der Waals surface area contributed by atoms with Crippen molar-refractivity contribution in [2.75, 3.05) is 32.4 Å². The number of nitrogens with zero attached hydrogens (tertiary/aromatic N) is 2. The van der Waals surface area contributed by atoms with Gasteiger partial charge < -0.3 is 9.90 Å². The minimum atomic E-state index is -3.20. The van der Waals surface area contributed by atoms with Gasteiger partial charge >= 0.3 is 5.97 Å². The van der Waals surface area contributed by atoms with E-state index in [9.17, 15) is 23.1 Å². The smallest absolute Gasteiger partial charge is 0.320 e. The monoisotopic (exact) mass is 292 g/mol. The summed E-state index contributed by atoms with van der Waals surface area (Å²) in [6.07, 6.45) is 3.23. The highest BCUT2D eigenvalue weighted by Crippen LogP contribution is 2.14. The summed E-state index contributed by atoms with van der Waals surface area (Å²) in [5.41, 5.74) is 0. The highest BCUT2D eigenvalue weighted by atomic mass is 32.2. The Morgan fingerprint density at radius 3 is 2.32 bits per heavy atom. The minimum absolute atomic E-state index is 0.316. The second-order valence-corrected chi connectivity index (χ2v) is 6.63. The molecule has 0 saturated carbocycles. The first-order chi connectivity index (χ1) is 8.86. The molecular weight excluding hydrogens is 272 g/mol. The van der Waals surface area contributed by atoms with E-state index in [1.54, 1.807) is 4.90 Å². The lowest BCUT2D eigenvalue weighted by atomic mass is 10.1. The maximum absolute atomic E-state index is 11.4. The van der Waals surface area contributed by atoms with E-state index >= 15 is 0 Å². The number of carbonyl (C=O) groups is 2. The average molecular weight is 292 g/mol. The van der Waals surface area contributed by atoms with Crippen LogP contribution in [0.4, 0.5) is 0 Å². The number of aliphatic carboxylic acids is 1. The van der Waals surface area contributed by atoms with Gasteiger partial charge in [-0.3, -0.25) is 9.69 Å². The molecule has 1 aliphatic rings. The van der Waals surface area contributed by atoms with Crippen molar-refractivity contribution in [1.29, 1.82) is 0 Å². The molecule has 1 rings (SSSR count). The van der Waals surface area contributed by atoms with Crippen molar-refractivity contribution >= 4 is 22.3 Å². The molecule has 1 unspecified atom stereocenters. The van der Waals surface area contributed by atoms with Gasteiger partial charge in [-0.05, 0) is 12.8 Å². The molecule has 0 aromatic carbocycles. The highest BCUT2D eigenvalue weighted by Gasteiger charge is 2.30. The third-order valence-electron chi connectivity index (χ3n) is 3.27. The molecule has 110 valence electrons. The number of rotatable bonds is 7. The fourth-order valence-electron chi connectivity index (χ4n) is 2.20. The van der Waals surface area contributed by atoms with Crippen LogP contribution in [-0.2, 0) is 19.6 Å². The largest absolute Gasteiger partial charge is 0.480 e. The lowest BCUT2D eigenvalue weighted by molar-refractivity contribution is -0.144. The summed E-state index contributed by atoms with van der Waals surface area (Å²) in [5, 5.41) is 9.19. The average Bonchev–Trinajstić information content (AvgIpc) is 2.33. The molecule has 1 fully saturated rings. The van der Waals surface area contributed by atoms with Crippen LogP contribution >= 0.6 is 0 Å². The van der Waals surface area contributed by atoms with E-state index in [-0.39, 0.29) is 0 Å². The third kappa shape index (κ3) is 4.88. The molecule has 0 amide bonds. The number of aldehydes is 1. The minimum Gasteiger partial charge on any atom is -0.480 e. The van der Waals surface area contributed by atoms with Gasteiger partial charge in [0.1, 0.15) is 12.3 Å². The number of carbonyl (C=O) groups excluding carboxylic acids is 1. The summed E-state index contributed by atoms with van der Waals surface area (Å²) in [4.78, 5) is 23.2. The Labute approximate surface area is 113 Å². The van der Waals surface area contributed by atoms with Crippen molar-refractivity contribution in [2.45, 2.75) is 25.3 Å². The second-order valence-electron chi connectivity index (χ2n) is 4.65. The molecule has 0 spiro atoms. The van der Waals surface area contributed by atoms with E-state index in [4.69, 9.17) is 0 Å². The maximum Gasteiger partial charge on any atom is 0.320 e. The lowest BCUT2D eigenvalue weighted by Gasteiger charge is -2.36. The molecule has 1 N–H and O–H groups in total. The van der Waals surface area contributed by atoms with Crippen LogP contribution in [0.2, 0.25) is 0 Å². The van der Waals surface area contributed by atoms with Gasteiger partial charge in [0, 0.05) is 32.6 Å². The van der Waals surface area contributed by atoms with Gasteiger partial charge in [-0.25, -0.2) is 8.42 Å². The maximum atomic E-state index is 11.4. The summed E-state index contributed by atoms with van der Waals surface area (Å²) in [6.45, 7) is 1.45. The molecule has 0 radical (unpaired) electrons. The van der Waals surface area contributed by atoms with Gasteiger partial charge in [-0.15, -0.1) is 0 Å². The molecule has 1 saturated heterocycles. The Balaban J connectivity index is 2.54. The van der Waals surface area contributed by atoms with E-state index in [1.165, 1.54) is 4.31 Å². The topological polar surface area (TPSA) is 95.0 Å². The molecule has 1 aliphatic heterocycles. The quantitative estimate of drug-likeness (QED) is 0.496. The number of carboxylic acid groups (broad SMARTS) is 1. The van der Waals surface area contributed by atoms with Crippen molar-refractivity contribution in [3.05, 3.63) is 0 Å². The summed E-state index contributed by atoms with van der Waals surface area (Å²) >= 11 is 0. The summed E-state index contributed by atoms with van der Waals surface area (Å²) in [7, 11) is -3.20. The first kappa shape index (κ1) is 16.1. The van der Waals surface area contributed by atoms with Crippen LogP contribution in [0.3, 0.4) is 0 Å². The highest BCUT2D eigenvalue weighted by molar-refractivity contribution is 7.88.